The van der Waals surface area contributed by atoms with Gasteiger partial charge < -0.3 is 20.3 Å². The zero-order chi connectivity index (χ0) is 13.3. The van der Waals surface area contributed by atoms with Crippen LogP contribution in [0.25, 0.3) is 0 Å². The Labute approximate surface area is 117 Å². The lowest BCUT2D eigenvalue weighted by Gasteiger charge is -2.47. The summed E-state index contributed by atoms with van der Waals surface area (Å²) in [5.74, 6) is 0.879. The van der Waals surface area contributed by atoms with E-state index < -0.39 is 0 Å². The van der Waals surface area contributed by atoms with Crippen LogP contribution in [0.3, 0.4) is 0 Å². The highest BCUT2D eigenvalue weighted by Crippen LogP contribution is 2.33. The number of hydrogen-bond donors (Lipinski definition) is 1. The molecule has 3 unspecified atom stereocenters. The fraction of sp³-hybridized carbons (Fsp3) is 1.00. The molecule has 0 radical (unpaired) electrons. The molecule has 3 aliphatic rings. The zero-order valence-electron chi connectivity index (χ0n) is 12.3. The standard InChI is InChI=1S/C15H29N3O/c1-17-6-2-3-13-9-18(7-4-14(13)17)11-15(10-16)5-8-19-12-15/h13-14H,2-12,16H2,1H3. The minimum atomic E-state index is 0.243. The predicted octanol–water partition coefficient (Wildman–Crippen LogP) is 0.768. The Morgan fingerprint density at radius 3 is 2.95 bits per heavy atom. The lowest BCUT2D eigenvalue weighted by molar-refractivity contribution is 0.0178. The van der Waals surface area contributed by atoms with Crippen LogP contribution in [0.1, 0.15) is 25.7 Å². The normalized spacial score (nSPS) is 41.4. The van der Waals surface area contributed by atoms with Gasteiger partial charge in [0.1, 0.15) is 0 Å². The first-order valence-electron chi connectivity index (χ1n) is 7.93. The van der Waals surface area contributed by atoms with E-state index >= 15 is 0 Å². The summed E-state index contributed by atoms with van der Waals surface area (Å²) in [6.07, 6.45) is 5.27. The van der Waals surface area contributed by atoms with Crippen molar-refractivity contribution in [3.05, 3.63) is 0 Å². The Kier molecular flexibility index (Phi) is 4.13. The van der Waals surface area contributed by atoms with Crippen LogP contribution in [-0.4, -0.2) is 68.8 Å². The maximum atomic E-state index is 6.02. The largest absolute Gasteiger partial charge is 0.381 e. The lowest BCUT2D eigenvalue weighted by atomic mass is 9.81. The van der Waals surface area contributed by atoms with Crippen LogP contribution in [0.15, 0.2) is 0 Å². The van der Waals surface area contributed by atoms with E-state index in [4.69, 9.17) is 10.5 Å². The smallest absolute Gasteiger partial charge is 0.0547 e. The molecule has 0 bridgehead atoms. The number of fused-ring (bicyclic) bond motifs is 1. The summed E-state index contributed by atoms with van der Waals surface area (Å²) < 4.78 is 5.60. The Bertz CT molecular complexity index is 304. The van der Waals surface area contributed by atoms with Crippen LogP contribution in [0.2, 0.25) is 0 Å². The number of hydrogen-bond acceptors (Lipinski definition) is 4. The van der Waals surface area contributed by atoms with Gasteiger partial charge in [-0.3, -0.25) is 0 Å². The van der Waals surface area contributed by atoms with Gasteiger partial charge in [0.25, 0.3) is 0 Å². The Hall–Kier alpha value is -0.160. The summed E-state index contributed by atoms with van der Waals surface area (Å²) in [5, 5.41) is 0. The first-order valence-corrected chi connectivity index (χ1v) is 7.93. The third-order valence-electron chi connectivity index (χ3n) is 5.61. The van der Waals surface area contributed by atoms with Crippen molar-refractivity contribution in [3.8, 4) is 0 Å². The number of piperidine rings is 2. The van der Waals surface area contributed by atoms with E-state index in [1.54, 1.807) is 0 Å². The molecule has 3 rings (SSSR count). The molecule has 0 aromatic rings. The molecule has 19 heavy (non-hydrogen) atoms. The number of likely N-dealkylation sites (tertiary alicyclic amines) is 2. The minimum absolute atomic E-state index is 0.243. The highest BCUT2D eigenvalue weighted by Gasteiger charge is 2.39. The molecule has 0 amide bonds. The first-order chi connectivity index (χ1) is 9.22. The van der Waals surface area contributed by atoms with E-state index in [2.05, 4.69) is 16.8 Å². The average molecular weight is 267 g/mol. The van der Waals surface area contributed by atoms with Crippen LogP contribution >= 0.6 is 0 Å². The van der Waals surface area contributed by atoms with Gasteiger partial charge in [-0.05, 0) is 51.7 Å². The van der Waals surface area contributed by atoms with E-state index in [1.165, 1.54) is 38.9 Å². The SMILES string of the molecule is CN1CCCC2CN(CC3(CN)CCOC3)CCC21. The van der Waals surface area contributed by atoms with Gasteiger partial charge in [-0.15, -0.1) is 0 Å². The molecule has 3 fully saturated rings. The fourth-order valence-corrected chi connectivity index (χ4v) is 4.35. The van der Waals surface area contributed by atoms with Gasteiger partial charge in [0.2, 0.25) is 0 Å². The third-order valence-corrected chi connectivity index (χ3v) is 5.61. The second kappa shape index (κ2) is 5.68. The van der Waals surface area contributed by atoms with Crippen molar-refractivity contribution < 1.29 is 4.74 Å². The highest BCUT2D eigenvalue weighted by atomic mass is 16.5. The average Bonchev–Trinajstić information content (AvgIpc) is 2.88. The van der Waals surface area contributed by atoms with Crippen molar-refractivity contribution in [2.75, 3.05) is 53.0 Å². The first kappa shape index (κ1) is 13.8. The van der Waals surface area contributed by atoms with Gasteiger partial charge in [-0.2, -0.15) is 0 Å². The highest BCUT2D eigenvalue weighted by molar-refractivity contribution is 4.93. The Morgan fingerprint density at radius 1 is 1.32 bits per heavy atom. The van der Waals surface area contributed by atoms with Crippen LogP contribution in [-0.2, 0) is 4.74 Å². The Balaban J connectivity index is 1.58. The fourth-order valence-electron chi connectivity index (χ4n) is 4.35. The topological polar surface area (TPSA) is 41.7 Å². The van der Waals surface area contributed by atoms with Gasteiger partial charge in [0, 0.05) is 37.7 Å². The van der Waals surface area contributed by atoms with Crippen molar-refractivity contribution in [3.63, 3.8) is 0 Å². The van der Waals surface area contributed by atoms with Gasteiger partial charge >= 0.3 is 0 Å². The van der Waals surface area contributed by atoms with E-state index in [0.717, 1.165) is 44.7 Å². The number of ether oxygens (including phenoxy) is 1. The van der Waals surface area contributed by atoms with Crippen molar-refractivity contribution in [1.82, 2.24) is 9.80 Å². The maximum Gasteiger partial charge on any atom is 0.0547 e. The van der Waals surface area contributed by atoms with Crippen molar-refractivity contribution in [2.45, 2.75) is 31.7 Å². The molecule has 3 aliphatic heterocycles. The van der Waals surface area contributed by atoms with Crippen molar-refractivity contribution >= 4 is 0 Å². The summed E-state index contributed by atoms with van der Waals surface area (Å²) in [4.78, 5) is 5.25. The zero-order valence-corrected chi connectivity index (χ0v) is 12.3. The van der Waals surface area contributed by atoms with E-state index in [1.807, 2.05) is 0 Å². The molecule has 3 atom stereocenters. The van der Waals surface area contributed by atoms with Gasteiger partial charge in [0.15, 0.2) is 0 Å². The number of rotatable bonds is 3. The summed E-state index contributed by atoms with van der Waals surface area (Å²) in [7, 11) is 2.30. The van der Waals surface area contributed by atoms with Crippen LogP contribution in [0.4, 0.5) is 0 Å². The molecule has 110 valence electrons. The Morgan fingerprint density at radius 2 is 2.21 bits per heavy atom. The van der Waals surface area contributed by atoms with Crippen molar-refractivity contribution in [1.29, 1.82) is 0 Å². The van der Waals surface area contributed by atoms with E-state index in [0.29, 0.717) is 0 Å². The van der Waals surface area contributed by atoms with Crippen LogP contribution < -0.4 is 5.73 Å². The molecule has 0 aromatic carbocycles. The summed E-state index contributed by atoms with van der Waals surface area (Å²) in [6, 6.07) is 0.832. The molecule has 0 aromatic heterocycles. The molecule has 4 heteroatoms. The van der Waals surface area contributed by atoms with Crippen LogP contribution in [0.5, 0.6) is 0 Å². The van der Waals surface area contributed by atoms with Gasteiger partial charge in [0.05, 0.1) is 6.61 Å². The second-order valence-corrected chi connectivity index (χ2v) is 6.98. The maximum absolute atomic E-state index is 6.02. The molecule has 3 heterocycles. The van der Waals surface area contributed by atoms with Gasteiger partial charge in [-0.1, -0.05) is 0 Å². The molecule has 4 nitrogen and oxygen atoms in total. The summed E-state index contributed by atoms with van der Waals surface area (Å²) in [5.41, 5.74) is 6.27. The summed E-state index contributed by atoms with van der Waals surface area (Å²) >= 11 is 0. The third kappa shape index (κ3) is 2.82. The molecular weight excluding hydrogens is 238 g/mol. The van der Waals surface area contributed by atoms with Gasteiger partial charge in [-0.25, -0.2) is 0 Å². The summed E-state index contributed by atoms with van der Waals surface area (Å²) in [6.45, 7) is 7.51. The predicted molar refractivity (Wildman–Crippen MR) is 77.1 cm³/mol. The quantitative estimate of drug-likeness (QED) is 0.820. The molecule has 0 saturated carbocycles. The van der Waals surface area contributed by atoms with Crippen LogP contribution in [0, 0.1) is 11.3 Å². The molecule has 2 N–H and O–H groups in total. The molecule has 0 spiro atoms. The van der Waals surface area contributed by atoms with E-state index in [-0.39, 0.29) is 5.41 Å². The number of nitrogens with two attached hydrogens (primary N) is 1. The molecule has 0 aliphatic carbocycles. The minimum Gasteiger partial charge on any atom is -0.381 e. The molecular formula is C15H29N3O. The lowest BCUT2D eigenvalue weighted by Crippen LogP contribution is -2.55. The van der Waals surface area contributed by atoms with E-state index in [9.17, 15) is 0 Å². The monoisotopic (exact) mass is 267 g/mol. The second-order valence-electron chi connectivity index (χ2n) is 6.98. The number of nitrogens with zero attached hydrogens (tertiary/aromatic N) is 2. The van der Waals surface area contributed by atoms with Crippen molar-refractivity contribution in [2.24, 2.45) is 17.1 Å². The molecule has 3 saturated heterocycles.